The predicted octanol–water partition coefficient (Wildman–Crippen LogP) is 2.71. The van der Waals surface area contributed by atoms with Gasteiger partial charge in [0.2, 0.25) is 0 Å². The number of rotatable bonds is 5. The van der Waals surface area contributed by atoms with Crippen LogP contribution in [0.15, 0.2) is 16.7 Å². The summed E-state index contributed by atoms with van der Waals surface area (Å²) in [6.07, 6.45) is 4.84. The highest BCUT2D eigenvalue weighted by molar-refractivity contribution is 5.15. The molecule has 1 aliphatic carbocycles. The van der Waals surface area contributed by atoms with Gasteiger partial charge < -0.3 is 9.32 Å². The molecule has 0 atom stereocenters. The van der Waals surface area contributed by atoms with Crippen LogP contribution < -0.4 is 0 Å². The Morgan fingerprint density at radius 1 is 1.56 bits per heavy atom. The van der Waals surface area contributed by atoms with E-state index in [-0.39, 0.29) is 0 Å². The molecule has 0 aromatic carbocycles. The summed E-state index contributed by atoms with van der Waals surface area (Å²) in [5, 5.41) is 8.77. The quantitative estimate of drug-likeness (QED) is 0.763. The SMILES string of the molecule is Cc1occc1CN(C)CC1(CC#N)CC1. The average Bonchev–Trinajstić information content (AvgIpc) is 2.85. The lowest BCUT2D eigenvalue weighted by Crippen LogP contribution is -2.26. The Labute approximate surface area is 96.7 Å². The smallest absolute Gasteiger partial charge is 0.105 e. The van der Waals surface area contributed by atoms with E-state index in [2.05, 4.69) is 18.0 Å². The molecular weight excluding hydrogens is 200 g/mol. The van der Waals surface area contributed by atoms with E-state index in [9.17, 15) is 0 Å². The molecule has 3 heteroatoms. The zero-order chi connectivity index (χ0) is 11.6. The molecule has 1 aromatic heterocycles. The van der Waals surface area contributed by atoms with Gasteiger partial charge in [0.1, 0.15) is 5.76 Å². The first kappa shape index (κ1) is 11.2. The average molecular weight is 218 g/mol. The van der Waals surface area contributed by atoms with Crippen LogP contribution in [0.4, 0.5) is 0 Å². The molecule has 3 nitrogen and oxygen atoms in total. The maximum Gasteiger partial charge on any atom is 0.105 e. The third-order valence-electron chi connectivity index (χ3n) is 3.42. The highest BCUT2D eigenvalue weighted by Gasteiger charge is 2.43. The number of nitriles is 1. The molecular formula is C13H18N2O. The second-order valence-electron chi connectivity index (χ2n) is 5.01. The fraction of sp³-hybridized carbons (Fsp3) is 0.615. The Morgan fingerprint density at radius 3 is 2.81 bits per heavy atom. The molecule has 0 aliphatic heterocycles. The third-order valence-corrected chi connectivity index (χ3v) is 3.42. The summed E-state index contributed by atoms with van der Waals surface area (Å²) >= 11 is 0. The number of aryl methyl sites for hydroxylation is 1. The summed E-state index contributed by atoms with van der Waals surface area (Å²) in [6, 6.07) is 4.32. The van der Waals surface area contributed by atoms with Gasteiger partial charge in [0, 0.05) is 25.1 Å². The Kier molecular flexibility index (Phi) is 3.02. The molecule has 1 aromatic rings. The monoisotopic (exact) mass is 218 g/mol. The van der Waals surface area contributed by atoms with Gasteiger partial charge in [0.15, 0.2) is 0 Å². The first-order chi connectivity index (χ1) is 7.65. The van der Waals surface area contributed by atoms with Crippen LogP contribution in [0, 0.1) is 23.7 Å². The first-order valence-electron chi connectivity index (χ1n) is 5.74. The fourth-order valence-electron chi connectivity index (χ4n) is 2.23. The van der Waals surface area contributed by atoms with Gasteiger partial charge in [-0.15, -0.1) is 0 Å². The molecule has 86 valence electrons. The van der Waals surface area contributed by atoms with Crippen molar-refractivity contribution in [2.75, 3.05) is 13.6 Å². The number of hydrogen-bond acceptors (Lipinski definition) is 3. The van der Waals surface area contributed by atoms with E-state index in [1.54, 1.807) is 6.26 Å². The van der Waals surface area contributed by atoms with Crippen LogP contribution >= 0.6 is 0 Å². The van der Waals surface area contributed by atoms with Crippen LogP contribution in [0.5, 0.6) is 0 Å². The van der Waals surface area contributed by atoms with Crippen molar-refractivity contribution in [1.29, 1.82) is 5.26 Å². The molecule has 2 rings (SSSR count). The van der Waals surface area contributed by atoms with E-state index in [1.807, 2.05) is 13.0 Å². The van der Waals surface area contributed by atoms with Crippen molar-refractivity contribution in [2.45, 2.75) is 32.7 Å². The largest absolute Gasteiger partial charge is 0.469 e. The van der Waals surface area contributed by atoms with Crippen LogP contribution in [-0.2, 0) is 6.54 Å². The van der Waals surface area contributed by atoms with Crippen molar-refractivity contribution < 1.29 is 4.42 Å². The third kappa shape index (κ3) is 2.45. The summed E-state index contributed by atoms with van der Waals surface area (Å²) in [4.78, 5) is 2.29. The molecule has 1 saturated carbocycles. The molecule has 0 N–H and O–H groups in total. The van der Waals surface area contributed by atoms with Crippen LogP contribution in [-0.4, -0.2) is 18.5 Å². The molecule has 1 fully saturated rings. The Balaban J connectivity index is 1.88. The summed E-state index contributed by atoms with van der Waals surface area (Å²) < 4.78 is 5.28. The fourth-order valence-corrected chi connectivity index (χ4v) is 2.23. The van der Waals surface area contributed by atoms with Crippen LogP contribution in [0.25, 0.3) is 0 Å². The Morgan fingerprint density at radius 2 is 2.31 bits per heavy atom. The van der Waals surface area contributed by atoms with Gasteiger partial charge >= 0.3 is 0 Å². The molecule has 0 radical (unpaired) electrons. The van der Waals surface area contributed by atoms with E-state index in [0.29, 0.717) is 11.8 Å². The Bertz CT molecular complexity index is 398. The lowest BCUT2D eigenvalue weighted by Gasteiger charge is -2.21. The lowest BCUT2D eigenvalue weighted by atomic mass is 10.0. The minimum Gasteiger partial charge on any atom is -0.469 e. The van der Waals surface area contributed by atoms with E-state index in [1.165, 1.54) is 18.4 Å². The normalized spacial score (nSPS) is 17.4. The Hall–Kier alpha value is -1.27. The van der Waals surface area contributed by atoms with Crippen LogP contribution in [0.2, 0.25) is 0 Å². The van der Waals surface area contributed by atoms with Crippen molar-refractivity contribution in [3.05, 3.63) is 23.7 Å². The number of furan rings is 1. The van der Waals surface area contributed by atoms with E-state index >= 15 is 0 Å². The second kappa shape index (κ2) is 4.31. The van der Waals surface area contributed by atoms with Crippen LogP contribution in [0.1, 0.15) is 30.6 Å². The molecule has 0 unspecified atom stereocenters. The second-order valence-corrected chi connectivity index (χ2v) is 5.01. The van der Waals surface area contributed by atoms with Crippen molar-refractivity contribution in [3.63, 3.8) is 0 Å². The minimum atomic E-state index is 0.293. The van der Waals surface area contributed by atoms with Crippen molar-refractivity contribution in [3.8, 4) is 6.07 Å². The van der Waals surface area contributed by atoms with Gasteiger partial charge in [-0.1, -0.05) is 0 Å². The molecule has 16 heavy (non-hydrogen) atoms. The van der Waals surface area contributed by atoms with E-state index in [0.717, 1.165) is 18.8 Å². The zero-order valence-corrected chi connectivity index (χ0v) is 9.99. The zero-order valence-electron chi connectivity index (χ0n) is 9.99. The van der Waals surface area contributed by atoms with Gasteiger partial charge in [-0.05, 0) is 38.3 Å². The summed E-state index contributed by atoms with van der Waals surface area (Å²) in [7, 11) is 2.11. The van der Waals surface area contributed by atoms with Crippen molar-refractivity contribution >= 4 is 0 Å². The molecule has 1 heterocycles. The highest BCUT2D eigenvalue weighted by atomic mass is 16.3. The van der Waals surface area contributed by atoms with Gasteiger partial charge in [0.05, 0.1) is 12.3 Å². The molecule has 0 amide bonds. The lowest BCUT2D eigenvalue weighted by molar-refractivity contribution is 0.256. The standard InChI is InChI=1S/C13H18N2O/c1-11-12(3-8-16-11)9-15(2)10-13(4-5-13)6-7-14/h3,8H,4-6,9-10H2,1-2H3. The maximum atomic E-state index is 8.77. The van der Waals surface area contributed by atoms with Gasteiger partial charge in [-0.2, -0.15) is 5.26 Å². The van der Waals surface area contributed by atoms with Gasteiger partial charge in [-0.3, -0.25) is 0 Å². The molecule has 1 aliphatic rings. The van der Waals surface area contributed by atoms with Gasteiger partial charge in [0.25, 0.3) is 0 Å². The molecule has 0 bridgehead atoms. The summed E-state index contributed by atoms with van der Waals surface area (Å²) in [6.45, 7) is 3.92. The number of hydrogen-bond donors (Lipinski definition) is 0. The highest BCUT2D eigenvalue weighted by Crippen LogP contribution is 2.49. The first-order valence-corrected chi connectivity index (χ1v) is 5.74. The summed E-state index contributed by atoms with van der Waals surface area (Å²) in [5.41, 5.74) is 1.54. The van der Waals surface area contributed by atoms with Gasteiger partial charge in [-0.25, -0.2) is 0 Å². The predicted molar refractivity (Wildman–Crippen MR) is 61.7 cm³/mol. The molecule has 0 saturated heterocycles. The minimum absolute atomic E-state index is 0.293. The molecule has 0 spiro atoms. The summed E-state index contributed by atoms with van der Waals surface area (Å²) in [5.74, 6) is 0.997. The van der Waals surface area contributed by atoms with Crippen LogP contribution in [0.3, 0.4) is 0 Å². The van der Waals surface area contributed by atoms with Crippen molar-refractivity contribution in [2.24, 2.45) is 5.41 Å². The van der Waals surface area contributed by atoms with E-state index < -0.39 is 0 Å². The van der Waals surface area contributed by atoms with Crippen molar-refractivity contribution in [1.82, 2.24) is 4.90 Å². The number of nitrogens with zero attached hydrogens (tertiary/aromatic N) is 2. The van der Waals surface area contributed by atoms with E-state index in [4.69, 9.17) is 9.68 Å². The topological polar surface area (TPSA) is 40.2 Å². The maximum absolute atomic E-state index is 8.77.